The zero-order chi connectivity index (χ0) is 25.3. The lowest BCUT2D eigenvalue weighted by Gasteiger charge is -2.61. The third kappa shape index (κ3) is 3.25. The zero-order valence-corrected chi connectivity index (χ0v) is 19.3. The van der Waals surface area contributed by atoms with Crippen molar-refractivity contribution in [3.63, 3.8) is 0 Å². The molecule has 0 unspecified atom stereocenters. The Morgan fingerprint density at radius 1 is 1.31 bits per heavy atom. The van der Waals surface area contributed by atoms with Gasteiger partial charge in [-0.15, -0.1) is 0 Å². The Hall–Kier alpha value is -3.15. The van der Waals surface area contributed by atoms with Crippen molar-refractivity contribution in [3.05, 3.63) is 35.1 Å². The van der Waals surface area contributed by atoms with E-state index in [1.54, 1.807) is 12.1 Å². The van der Waals surface area contributed by atoms with Gasteiger partial charge in [0.05, 0.1) is 17.4 Å². The average molecular weight is 489 g/mol. The van der Waals surface area contributed by atoms with Crippen molar-refractivity contribution in [1.29, 1.82) is 0 Å². The minimum Gasteiger partial charge on any atom is -0.504 e. The number of phenols is 1. The number of likely N-dealkylation sites (tertiary alicyclic amines) is 1. The lowest BCUT2D eigenvalue weighted by atomic mass is 9.50. The van der Waals surface area contributed by atoms with Gasteiger partial charge in [-0.25, -0.2) is 9.59 Å². The van der Waals surface area contributed by atoms with Crippen LogP contribution in [0.4, 0.5) is 0 Å². The second-order valence-electron chi connectivity index (χ2n) is 9.71. The van der Waals surface area contributed by atoms with Gasteiger partial charge in [-0.3, -0.25) is 4.79 Å². The minimum absolute atomic E-state index is 0.0757. The molecule has 4 aliphatic rings. The quantitative estimate of drug-likeness (QED) is 0.397. The van der Waals surface area contributed by atoms with Gasteiger partial charge in [0.2, 0.25) is 0 Å². The summed E-state index contributed by atoms with van der Waals surface area (Å²) >= 11 is 0. The summed E-state index contributed by atoms with van der Waals surface area (Å²) < 4.78 is 16.3. The van der Waals surface area contributed by atoms with Crippen LogP contribution in [0.25, 0.3) is 0 Å². The van der Waals surface area contributed by atoms with Crippen LogP contribution in [0.5, 0.6) is 11.5 Å². The van der Waals surface area contributed by atoms with Crippen LogP contribution in [0.15, 0.2) is 24.0 Å². The Kier molecular flexibility index (Phi) is 5.35. The smallest absolute Gasteiger partial charge is 0.344 e. The SMILES string of the molecule is C[C@H](OC(=O)C[C@H](O)C(=O)OC1=CC[C@@]2(O)[C@H]3Cc4ccc(O)c5c4[C@@]2(CCN3C)[C@H]1O5)C(=O)O. The molecule has 0 aromatic heterocycles. The molecule has 2 heterocycles. The third-order valence-corrected chi connectivity index (χ3v) is 7.86. The molecule has 35 heavy (non-hydrogen) atoms. The van der Waals surface area contributed by atoms with Gasteiger partial charge in [-0.05, 0) is 51.1 Å². The van der Waals surface area contributed by atoms with Crippen LogP contribution in [0.3, 0.4) is 0 Å². The lowest BCUT2D eigenvalue weighted by molar-refractivity contribution is -0.174. The van der Waals surface area contributed by atoms with E-state index in [1.165, 1.54) is 0 Å². The molecule has 188 valence electrons. The first-order valence-electron chi connectivity index (χ1n) is 11.5. The van der Waals surface area contributed by atoms with Gasteiger partial charge in [0.25, 0.3) is 0 Å². The number of ether oxygens (including phenoxy) is 3. The van der Waals surface area contributed by atoms with E-state index in [-0.39, 0.29) is 29.7 Å². The highest BCUT2D eigenvalue weighted by Gasteiger charge is 2.72. The molecule has 11 nitrogen and oxygen atoms in total. The van der Waals surface area contributed by atoms with Crippen LogP contribution in [0.1, 0.15) is 37.3 Å². The van der Waals surface area contributed by atoms with Crippen molar-refractivity contribution in [3.8, 4) is 11.5 Å². The third-order valence-electron chi connectivity index (χ3n) is 7.86. The summed E-state index contributed by atoms with van der Waals surface area (Å²) in [5, 5.41) is 41.6. The molecular weight excluding hydrogens is 462 g/mol. The number of aliphatic carboxylic acids is 1. The molecule has 0 amide bonds. The number of piperidine rings is 1. The fraction of sp³-hybridized carbons (Fsp3) is 0.542. The molecule has 1 spiro atoms. The summed E-state index contributed by atoms with van der Waals surface area (Å²) in [6, 6.07) is 3.16. The van der Waals surface area contributed by atoms with E-state index in [0.29, 0.717) is 19.4 Å². The monoisotopic (exact) mass is 489 g/mol. The first kappa shape index (κ1) is 23.6. The second-order valence-corrected chi connectivity index (χ2v) is 9.71. The molecule has 1 aromatic rings. The highest BCUT2D eigenvalue weighted by Crippen LogP contribution is 2.65. The number of nitrogens with zero attached hydrogens (tertiary/aromatic N) is 1. The van der Waals surface area contributed by atoms with Crippen LogP contribution in [-0.2, 0) is 35.7 Å². The van der Waals surface area contributed by atoms with Crippen molar-refractivity contribution in [2.45, 2.75) is 68.0 Å². The zero-order valence-electron chi connectivity index (χ0n) is 19.3. The van der Waals surface area contributed by atoms with E-state index >= 15 is 0 Å². The Morgan fingerprint density at radius 2 is 2.06 bits per heavy atom. The van der Waals surface area contributed by atoms with E-state index in [0.717, 1.165) is 18.1 Å². The summed E-state index contributed by atoms with van der Waals surface area (Å²) in [5.41, 5.74) is -0.522. The molecule has 4 N–H and O–H groups in total. The van der Waals surface area contributed by atoms with Gasteiger partial charge in [-0.2, -0.15) is 0 Å². The van der Waals surface area contributed by atoms with Crippen molar-refractivity contribution >= 4 is 17.9 Å². The molecule has 1 fully saturated rings. The van der Waals surface area contributed by atoms with Crippen molar-refractivity contribution in [2.24, 2.45) is 0 Å². The Labute approximate surface area is 200 Å². The van der Waals surface area contributed by atoms with E-state index in [4.69, 9.17) is 14.6 Å². The number of hydrogen-bond donors (Lipinski definition) is 4. The number of likely N-dealkylation sites (N-methyl/N-ethyl adjacent to an activating group) is 1. The maximum absolute atomic E-state index is 12.6. The summed E-state index contributed by atoms with van der Waals surface area (Å²) in [6.45, 7) is 1.80. The summed E-state index contributed by atoms with van der Waals surface area (Å²) in [5.74, 6) is -3.31. The number of aliphatic hydroxyl groups excluding tert-OH is 1. The van der Waals surface area contributed by atoms with E-state index in [9.17, 15) is 29.7 Å². The maximum Gasteiger partial charge on any atom is 0.344 e. The van der Waals surface area contributed by atoms with Crippen molar-refractivity contribution in [2.75, 3.05) is 13.6 Å². The van der Waals surface area contributed by atoms with Crippen LogP contribution in [0, 0.1) is 0 Å². The molecule has 0 radical (unpaired) electrons. The number of rotatable bonds is 6. The number of hydrogen-bond acceptors (Lipinski definition) is 10. The predicted octanol–water partition coefficient (Wildman–Crippen LogP) is -0.0196. The molecular formula is C24H27NO10. The number of esters is 2. The fourth-order valence-corrected chi connectivity index (χ4v) is 6.16. The highest BCUT2D eigenvalue weighted by molar-refractivity contribution is 5.84. The molecule has 1 saturated heterocycles. The largest absolute Gasteiger partial charge is 0.504 e. The molecule has 11 heteroatoms. The number of carboxylic acids is 1. The molecule has 2 aliphatic carbocycles. The molecule has 0 saturated carbocycles. The summed E-state index contributed by atoms with van der Waals surface area (Å²) in [7, 11) is 1.95. The van der Waals surface area contributed by atoms with E-state index < -0.39 is 53.7 Å². The number of carboxylic acid groups (broad SMARTS) is 1. The standard InChI is InChI=1S/C24H27NO10/c1-11(21(29)30)33-17(28)10-14(27)22(31)34-15-5-6-24(32)16-9-12-3-4-13(26)19-18(12)23(24,20(15)35-19)7-8-25(16)2/h3-5,11,14,16,20,26-27,32H,6-10H2,1-2H3,(H,29,30)/t11-,14-,16+,20-,23-,24+/m0/s1. The minimum atomic E-state index is -1.90. The Morgan fingerprint density at radius 3 is 2.77 bits per heavy atom. The second kappa shape index (κ2) is 7.94. The van der Waals surface area contributed by atoms with Crippen LogP contribution in [-0.4, -0.2) is 86.8 Å². The lowest BCUT2D eigenvalue weighted by Crippen LogP contribution is -2.74. The van der Waals surface area contributed by atoms with Gasteiger partial charge in [0.15, 0.2) is 29.8 Å². The molecule has 2 bridgehead atoms. The number of aromatic hydroxyl groups is 1. The predicted molar refractivity (Wildman–Crippen MR) is 116 cm³/mol. The Bertz CT molecular complexity index is 1150. The average Bonchev–Trinajstić information content (AvgIpc) is 3.15. The summed E-state index contributed by atoms with van der Waals surface area (Å²) in [4.78, 5) is 37.5. The van der Waals surface area contributed by atoms with Crippen LogP contribution < -0.4 is 4.74 Å². The molecule has 5 rings (SSSR count). The maximum atomic E-state index is 12.6. The first-order chi connectivity index (χ1) is 16.5. The number of phenolic OH excluding ortho intramolecular Hbond substituents is 1. The van der Waals surface area contributed by atoms with Crippen LogP contribution in [0.2, 0.25) is 0 Å². The van der Waals surface area contributed by atoms with Gasteiger partial charge in [0.1, 0.15) is 5.76 Å². The Balaban J connectivity index is 1.42. The van der Waals surface area contributed by atoms with Gasteiger partial charge < -0.3 is 39.5 Å². The summed E-state index contributed by atoms with van der Waals surface area (Å²) in [6.07, 6.45) is -2.26. The highest BCUT2D eigenvalue weighted by atomic mass is 16.6. The first-order valence-corrected chi connectivity index (χ1v) is 11.5. The van der Waals surface area contributed by atoms with Crippen molar-refractivity contribution < 1.29 is 49.0 Å². The van der Waals surface area contributed by atoms with Gasteiger partial charge in [0, 0.05) is 18.0 Å². The number of benzene rings is 1. The van der Waals surface area contributed by atoms with E-state index in [2.05, 4.69) is 9.64 Å². The number of aliphatic hydroxyl groups is 2. The molecule has 1 aromatic carbocycles. The number of carbonyl (C=O) groups is 3. The molecule has 2 aliphatic heterocycles. The van der Waals surface area contributed by atoms with Crippen LogP contribution >= 0.6 is 0 Å². The molecule has 6 atom stereocenters. The van der Waals surface area contributed by atoms with Gasteiger partial charge >= 0.3 is 17.9 Å². The van der Waals surface area contributed by atoms with Gasteiger partial charge in [-0.1, -0.05) is 6.07 Å². The number of carbonyl (C=O) groups excluding carboxylic acids is 2. The van der Waals surface area contributed by atoms with E-state index in [1.807, 2.05) is 13.1 Å². The normalized spacial score (nSPS) is 31.9. The fourth-order valence-electron chi connectivity index (χ4n) is 6.16. The van der Waals surface area contributed by atoms with Crippen molar-refractivity contribution in [1.82, 2.24) is 4.90 Å². The topological polar surface area (TPSA) is 163 Å².